The largest absolute Gasteiger partial charge is 0.480 e. The summed E-state index contributed by atoms with van der Waals surface area (Å²) in [5, 5.41) is 2.71. The van der Waals surface area contributed by atoms with Crippen molar-refractivity contribution in [1.82, 2.24) is 10.3 Å². The molecule has 100 valence electrons. The van der Waals surface area contributed by atoms with Crippen LogP contribution >= 0.6 is 0 Å². The molecule has 0 atom stereocenters. The van der Waals surface area contributed by atoms with Crippen LogP contribution in [-0.2, 0) is 9.53 Å². The van der Waals surface area contributed by atoms with E-state index in [4.69, 9.17) is 15.2 Å². The number of hydrogen-bond donors (Lipinski definition) is 2. The molecule has 18 heavy (non-hydrogen) atoms. The summed E-state index contributed by atoms with van der Waals surface area (Å²) in [6, 6.07) is 3.48. The van der Waals surface area contributed by atoms with Gasteiger partial charge in [0.15, 0.2) is 18.2 Å². The molecule has 0 spiro atoms. The van der Waals surface area contributed by atoms with Gasteiger partial charge in [0.05, 0.1) is 0 Å². The van der Waals surface area contributed by atoms with Gasteiger partial charge in [-0.05, 0) is 25.5 Å². The SMILES string of the molecule is COCCCNC(=O)COc1ccc(C)nc1N. The highest BCUT2D eigenvalue weighted by Gasteiger charge is 2.05. The Balaban J connectivity index is 2.29. The number of amides is 1. The van der Waals surface area contributed by atoms with Gasteiger partial charge >= 0.3 is 0 Å². The van der Waals surface area contributed by atoms with Crippen molar-refractivity contribution in [2.75, 3.05) is 32.6 Å². The van der Waals surface area contributed by atoms with Crippen molar-refractivity contribution in [3.8, 4) is 5.75 Å². The predicted molar refractivity (Wildman–Crippen MR) is 68.4 cm³/mol. The monoisotopic (exact) mass is 253 g/mol. The first-order valence-corrected chi connectivity index (χ1v) is 5.75. The lowest BCUT2D eigenvalue weighted by Crippen LogP contribution is -2.30. The van der Waals surface area contributed by atoms with Gasteiger partial charge in [-0.3, -0.25) is 4.79 Å². The lowest BCUT2D eigenvalue weighted by Gasteiger charge is -2.09. The minimum atomic E-state index is -0.189. The molecule has 0 aliphatic carbocycles. The minimum Gasteiger partial charge on any atom is -0.480 e. The van der Waals surface area contributed by atoms with E-state index >= 15 is 0 Å². The predicted octanol–water partition coefficient (Wildman–Crippen LogP) is 0.504. The lowest BCUT2D eigenvalue weighted by atomic mass is 10.3. The molecule has 0 saturated carbocycles. The molecule has 1 heterocycles. The number of anilines is 1. The number of nitrogen functional groups attached to an aromatic ring is 1. The Hall–Kier alpha value is -1.82. The number of rotatable bonds is 7. The number of aromatic nitrogens is 1. The lowest BCUT2D eigenvalue weighted by molar-refractivity contribution is -0.123. The maximum Gasteiger partial charge on any atom is 0.257 e. The van der Waals surface area contributed by atoms with Crippen LogP contribution in [0.4, 0.5) is 5.82 Å². The summed E-state index contributed by atoms with van der Waals surface area (Å²) in [6.45, 7) is 2.96. The van der Waals surface area contributed by atoms with E-state index in [0.717, 1.165) is 12.1 Å². The number of hydrogen-bond acceptors (Lipinski definition) is 5. The molecule has 1 rings (SSSR count). The average molecular weight is 253 g/mol. The van der Waals surface area contributed by atoms with E-state index in [-0.39, 0.29) is 12.5 Å². The second kappa shape index (κ2) is 7.50. The quantitative estimate of drug-likeness (QED) is 0.691. The van der Waals surface area contributed by atoms with Crippen LogP contribution in [0.25, 0.3) is 0 Å². The van der Waals surface area contributed by atoms with Crippen molar-refractivity contribution in [3.05, 3.63) is 17.8 Å². The first kappa shape index (κ1) is 14.2. The van der Waals surface area contributed by atoms with Gasteiger partial charge < -0.3 is 20.5 Å². The summed E-state index contributed by atoms with van der Waals surface area (Å²) in [7, 11) is 1.62. The molecule has 6 nitrogen and oxygen atoms in total. The van der Waals surface area contributed by atoms with Crippen molar-refractivity contribution < 1.29 is 14.3 Å². The van der Waals surface area contributed by atoms with E-state index in [2.05, 4.69) is 10.3 Å². The number of pyridine rings is 1. The number of nitrogens with one attached hydrogen (secondary N) is 1. The van der Waals surface area contributed by atoms with E-state index < -0.39 is 0 Å². The highest BCUT2D eigenvalue weighted by Crippen LogP contribution is 2.18. The fraction of sp³-hybridized carbons (Fsp3) is 0.500. The van der Waals surface area contributed by atoms with Gasteiger partial charge in [0, 0.05) is 26.0 Å². The number of carbonyl (C=O) groups excluding carboxylic acids is 1. The normalized spacial score (nSPS) is 10.1. The maximum absolute atomic E-state index is 11.4. The smallest absolute Gasteiger partial charge is 0.257 e. The van der Waals surface area contributed by atoms with Crippen LogP contribution in [0.15, 0.2) is 12.1 Å². The summed E-state index contributed by atoms with van der Waals surface area (Å²) in [5.74, 6) is 0.529. The fourth-order valence-corrected chi connectivity index (χ4v) is 1.32. The summed E-state index contributed by atoms with van der Waals surface area (Å²) in [4.78, 5) is 15.5. The zero-order chi connectivity index (χ0) is 13.4. The standard InChI is InChI=1S/C12H19N3O3/c1-9-4-5-10(12(13)15-9)18-8-11(16)14-6-3-7-17-2/h4-5H,3,6-8H2,1-2H3,(H2,13,15)(H,14,16). The Morgan fingerprint density at radius 2 is 2.28 bits per heavy atom. The molecule has 1 aromatic rings. The molecule has 3 N–H and O–H groups in total. The topological polar surface area (TPSA) is 86.5 Å². The number of nitrogens with two attached hydrogens (primary N) is 1. The first-order valence-electron chi connectivity index (χ1n) is 5.75. The minimum absolute atomic E-state index is 0.0675. The van der Waals surface area contributed by atoms with E-state index in [0.29, 0.717) is 24.7 Å². The molecule has 0 radical (unpaired) electrons. The Morgan fingerprint density at radius 1 is 1.50 bits per heavy atom. The summed E-state index contributed by atoms with van der Waals surface area (Å²) < 4.78 is 10.2. The zero-order valence-corrected chi connectivity index (χ0v) is 10.7. The Kier molecular flexibility index (Phi) is 5.93. The molecule has 0 aromatic carbocycles. The number of ether oxygens (including phenoxy) is 2. The van der Waals surface area contributed by atoms with Crippen molar-refractivity contribution >= 4 is 11.7 Å². The molecule has 0 aliphatic rings. The van der Waals surface area contributed by atoms with Gasteiger partial charge in [0.1, 0.15) is 0 Å². The molecule has 1 amide bonds. The molecule has 1 aromatic heterocycles. The third-order valence-corrected chi connectivity index (χ3v) is 2.23. The van der Waals surface area contributed by atoms with Gasteiger partial charge in [-0.2, -0.15) is 0 Å². The maximum atomic E-state index is 11.4. The Morgan fingerprint density at radius 3 is 2.94 bits per heavy atom. The van der Waals surface area contributed by atoms with Crippen LogP contribution in [0.5, 0.6) is 5.75 Å². The summed E-state index contributed by atoms with van der Waals surface area (Å²) in [6.07, 6.45) is 0.774. The van der Waals surface area contributed by atoms with E-state index in [1.165, 1.54) is 0 Å². The molecular weight excluding hydrogens is 234 g/mol. The highest BCUT2D eigenvalue weighted by molar-refractivity contribution is 5.77. The van der Waals surface area contributed by atoms with E-state index in [9.17, 15) is 4.79 Å². The molecule has 6 heteroatoms. The van der Waals surface area contributed by atoms with Crippen LogP contribution in [0, 0.1) is 6.92 Å². The molecule has 0 unspecified atom stereocenters. The van der Waals surface area contributed by atoms with E-state index in [1.54, 1.807) is 19.2 Å². The molecule has 0 bridgehead atoms. The highest BCUT2D eigenvalue weighted by atomic mass is 16.5. The van der Waals surface area contributed by atoms with Crippen LogP contribution in [-0.4, -0.2) is 37.8 Å². The Labute approximate surface area is 106 Å². The third-order valence-electron chi connectivity index (χ3n) is 2.23. The van der Waals surface area contributed by atoms with Crippen molar-refractivity contribution in [3.63, 3.8) is 0 Å². The number of methoxy groups -OCH3 is 1. The molecule has 0 saturated heterocycles. The van der Waals surface area contributed by atoms with Gasteiger partial charge in [-0.1, -0.05) is 0 Å². The first-order chi connectivity index (χ1) is 8.63. The van der Waals surface area contributed by atoms with Gasteiger partial charge in [-0.15, -0.1) is 0 Å². The van der Waals surface area contributed by atoms with Crippen LogP contribution in [0.3, 0.4) is 0 Å². The van der Waals surface area contributed by atoms with Gasteiger partial charge in [0.2, 0.25) is 0 Å². The van der Waals surface area contributed by atoms with Crippen molar-refractivity contribution in [2.45, 2.75) is 13.3 Å². The second-order valence-corrected chi connectivity index (χ2v) is 3.82. The molecule has 0 fully saturated rings. The van der Waals surface area contributed by atoms with Gasteiger partial charge in [0.25, 0.3) is 5.91 Å². The molecular formula is C12H19N3O3. The fourth-order valence-electron chi connectivity index (χ4n) is 1.32. The average Bonchev–Trinajstić information content (AvgIpc) is 2.33. The third kappa shape index (κ3) is 5.01. The molecule has 0 aliphatic heterocycles. The van der Waals surface area contributed by atoms with Crippen molar-refractivity contribution in [2.24, 2.45) is 0 Å². The number of carbonyl (C=O) groups is 1. The van der Waals surface area contributed by atoms with Crippen LogP contribution < -0.4 is 15.8 Å². The number of aryl methyl sites for hydroxylation is 1. The van der Waals surface area contributed by atoms with Crippen LogP contribution in [0.1, 0.15) is 12.1 Å². The summed E-state index contributed by atoms with van der Waals surface area (Å²) in [5.41, 5.74) is 6.47. The zero-order valence-electron chi connectivity index (χ0n) is 10.7. The van der Waals surface area contributed by atoms with Crippen molar-refractivity contribution in [1.29, 1.82) is 0 Å². The number of nitrogens with zero attached hydrogens (tertiary/aromatic N) is 1. The van der Waals surface area contributed by atoms with E-state index in [1.807, 2.05) is 6.92 Å². The second-order valence-electron chi connectivity index (χ2n) is 3.82. The van der Waals surface area contributed by atoms with Gasteiger partial charge in [-0.25, -0.2) is 4.98 Å². The Bertz CT molecular complexity index is 396. The van der Waals surface area contributed by atoms with Crippen LogP contribution in [0.2, 0.25) is 0 Å². The summed E-state index contributed by atoms with van der Waals surface area (Å²) >= 11 is 0.